The van der Waals surface area contributed by atoms with Crippen molar-refractivity contribution >= 4 is 38.2 Å². The largest absolute Gasteiger partial charge is 0.302 e. The van der Waals surface area contributed by atoms with Gasteiger partial charge < -0.3 is 5.32 Å². The summed E-state index contributed by atoms with van der Waals surface area (Å²) in [5.74, 6) is -0.00550. The summed E-state index contributed by atoms with van der Waals surface area (Å²) < 4.78 is 27.2. The lowest BCUT2D eigenvalue weighted by Crippen LogP contribution is -2.13. The fraction of sp³-hybridized carbons (Fsp3) is 0.0625. The topological polar surface area (TPSA) is 101 Å². The minimum Gasteiger partial charge on any atom is -0.302 e. The number of aromatic nitrogens is 2. The molecule has 0 fully saturated rings. The van der Waals surface area contributed by atoms with Crippen molar-refractivity contribution in [1.82, 2.24) is 9.97 Å². The van der Waals surface area contributed by atoms with E-state index in [-0.39, 0.29) is 16.6 Å². The lowest BCUT2D eigenvalue weighted by Gasteiger charge is -2.08. The van der Waals surface area contributed by atoms with Gasteiger partial charge in [-0.05, 0) is 24.3 Å². The Labute approximate surface area is 148 Å². The number of anilines is 2. The summed E-state index contributed by atoms with van der Waals surface area (Å²) in [6.07, 6.45) is 1.58. The van der Waals surface area contributed by atoms with Crippen LogP contribution in [0.5, 0.6) is 0 Å². The molecule has 25 heavy (non-hydrogen) atoms. The van der Waals surface area contributed by atoms with E-state index in [1.165, 1.54) is 30.4 Å². The maximum atomic E-state index is 12.4. The van der Waals surface area contributed by atoms with Gasteiger partial charge >= 0.3 is 0 Å². The average molecular weight is 374 g/mol. The van der Waals surface area contributed by atoms with Crippen molar-refractivity contribution in [2.24, 2.45) is 0 Å². The molecule has 0 aliphatic rings. The number of hydrogen-bond donors (Lipinski definition) is 2. The van der Waals surface area contributed by atoms with Gasteiger partial charge in [0, 0.05) is 13.1 Å². The Morgan fingerprint density at radius 2 is 1.84 bits per heavy atom. The van der Waals surface area contributed by atoms with E-state index in [2.05, 4.69) is 20.0 Å². The maximum Gasteiger partial charge on any atom is 0.263 e. The second kappa shape index (κ2) is 6.99. The van der Waals surface area contributed by atoms with E-state index in [0.29, 0.717) is 15.7 Å². The first-order valence-corrected chi connectivity index (χ1v) is 9.53. The molecule has 128 valence electrons. The third-order valence-electron chi connectivity index (χ3n) is 3.08. The van der Waals surface area contributed by atoms with Crippen LogP contribution in [0, 0.1) is 0 Å². The summed E-state index contributed by atoms with van der Waals surface area (Å²) in [6, 6.07) is 13.1. The molecular weight excluding hydrogens is 360 g/mol. The molecule has 0 bridgehead atoms. The Morgan fingerprint density at radius 3 is 2.56 bits per heavy atom. The van der Waals surface area contributed by atoms with Crippen LogP contribution >= 0.6 is 11.3 Å². The highest BCUT2D eigenvalue weighted by molar-refractivity contribution is 7.92. The van der Waals surface area contributed by atoms with Crippen LogP contribution in [0.4, 0.5) is 10.9 Å². The highest BCUT2D eigenvalue weighted by Gasteiger charge is 2.15. The van der Waals surface area contributed by atoms with Crippen LogP contribution in [0.15, 0.2) is 59.6 Å². The predicted molar refractivity (Wildman–Crippen MR) is 96.9 cm³/mol. The van der Waals surface area contributed by atoms with E-state index in [4.69, 9.17) is 0 Å². The van der Waals surface area contributed by atoms with Crippen molar-refractivity contribution in [1.29, 1.82) is 0 Å². The van der Waals surface area contributed by atoms with Crippen molar-refractivity contribution < 1.29 is 13.2 Å². The highest BCUT2D eigenvalue weighted by Crippen LogP contribution is 2.28. The normalized spacial score (nSPS) is 11.1. The number of carbonyl (C=O) groups excluding carboxylic acids is 1. The summed E-state index contributed by atoms with van der Waals surface area (Å²) in [5, 5.41) is 3.06. The van der Waals surface area contributed by atoms with Crippen LogP contribution in [-0.4, -0.2) is 24.3 Å². The van der Waals surface area contributed by atoms with Crippen molar-refractivity contribution in [2.45, 2.75) is 11.8 Å². The quantitative estimate of drug-likeness (QED) is 0.715. The average Bonchev–Trinajstić information content (AvgIpc) is 3.03. The molecule has 0 aliphatic heterocycles. The zero-order chi connectivity index (χ0) is 17.9. The Hall–Kier alpha value is -2.78. The zero-order valence-corrected chi connectivity index (χ0v) is 14.8. The molecule has 0 aliphatic carbocycles. The van der Waals surface area contributed by atoms with E-state index in [1.54, 1.807) is 42.6 Å². The van der Waals surface area contributed by atoms with Crippen LogP contribution < -0.4 is 10.0 Å². The van der Waals surface area contributed by atoms with Gasteiger partial charge in [-0.1, -0.05) is 35.6 Å². The zero-order valence-electron chi connectivity index (χ0n) is 13.1. The Bertz CT molecular complexity index is 1000. The number of amides is 1. The van der Waals surface area contributed by atoms with Crippen LogP contribution in [-0.2, 0) is 14.8 Å². The molecule has 3 rings (SSSR count). The van der Waals surface area contributed by atoms with Crippen LogP contribution in [0.2, 0.25) is 0 Å². The summed E-state index contributed by atoms with van der Waals surface area (Å²) in [5.41, 5.74) is 0.558. The lowest BCUT2D eigenvalue weighted by molar-refractivity contribution is -0.114. The summed E-state index contributed by atoms with van der Waals surface area (Å²) in [6.45, 7) is 1.40. The third-order valence-corrected chi connectivity index (χ3v) is 5.39. The number of rotatable bonds is 5. The van der Waals surface area contributed by atoms with Crippen LogP contribution in [0.3, 0.4) is 0 Å². The molecule has 1 aromatic carbocycles. The number of sulfonamides is 1. The molecule has 0 spiro atoms. The molecule has 0 saturated carbocycles. The van der Waals surface area contributed by atoms with Gasteiger partial charge in [-0.2, -0.15) is 0 Å². The number of hydrogen-bond acceptors (Lipinski definition) is 6. The SMILES string of the molecule is CC(=O)Nc1ncc(-c2cccc(NS(=O)(=O)c3ccccc3)n2)s1. The van der Waals surface area contributed by atoms with Crippen LogP contribution in [0.25, 0.3) is 10.6 Å². The summed E-state index contributed by atoms with van der Waals surface area (Å²) in [7, 11) is -3.70. The third kappa shape index (κ3) is 4.20. The molecule has 2 N–H and O–H groups in total. The van der Waals surface area contributed by atoms with Gasteiger partial charge in [0.1, 0.15) is 5.82 Å². The lowest BCUT2D eigenvalue weighted by atomic mass is 10.3. The van der Waals surface area contributed by atoms with E-state index in [1.807, 2.05) is 0 Å². The molecule has 3 aromatic rings. The Balaban J connectivity index is 1.85. The fourth-order valence-electron chi connectivity index (χ4n) is 2.03. The summed E-state index contributed by atoms with van der Waals surface area (Å²) in [4.78, 5) is 20.3. The van der Waals surface area contributed by atoms with Crippen molar-refractivity contribution in [3.63, 3.8) is 0 Å². The number of nitrogens with zero attached hydrogens (tertiary/aromatic N) is 2. The molecular formula is C16H14N4O3S2. The second-order valence-electron chi connectivity index (χ2n) is 5.04. The first-order chi connectivity index (χ1) is 11.9. The van der Waals surface area contributed by atoms with Crippen molar-refractivity contribution in [2.75, 3.05) is 10.0 Å². The van der Waals surface area contributed by atoms with Crippen LogP contribution in [0.1, 0.15) is 6.92 Å². The van der Waals surface area contributed by atoms with E-state index in [9.17, 15) is 13.2 Å². The Kier molecular flexibility index (Phi) is 4.77. The van der Waals surface area contributed by atoms with E-state index in [0.717, 1.165) is 0 Å². The van der Waals surface area contributed by atoms with E-state index >= 15 is 0 Å². The van der Waals surface area contributed by atoms with Gasteiger partial charge in [0.05, 0.1) is 15.5 Å². The van der Waals surface area contributed by atoms with Gasteiger partial charge in [-0.3, -0.25) is 9.52 Å². The Morgan fingerprint density at radius 1 is 1.08 bits per heavy atom. The molecule has 1 amide bonds. The monoisotopic (exact) mass is 374 g/mol. The molecule has 0 atom stereocenters. The predicted octanol–water partition coefficient (Wildman–Crippen LogP) is 2.96. The molecule has 9 heteroatoms. The minimum absolute atomic E-state index is 0.160. The second-order valence-corrected chi connectivity index (χ2v) is 7.75. The van der Waals surface area contributed by atoms with Gasteiger partial charge in [0.15, 0.2) is 5.13 Å². The number of pyridine rings is 1. The van der Waals surface area contributed by atoms with Gasteiger partial charge in [0.2, 0.25) is 5.91 Å². The van der Waals surface area contributed by atoms with Gasteiger partial charge in [-0.25, -0.2) is 18.4 Å². The number of benzene rings is 1. The fourth-order valence-corrected chi connectivity index (χ4v) is 3.88. The molecule has 2 aromatic heterocycles. The number of carbonyl (C=O) groups is 1. The standard InChI is InChI=1S/C16H14N4O3S2/c1-11(21)18-16-17-10-14(24-16)13-8-5-9-15(19-13)20-25(22,23)12-6-3-2-4-7-12/h2-10H,1H3,(H,19,20)(H,17,18,21). The number of nitrogens with one attached hydrogen (secondary N) is 2. The van der Waals surface area contributed by atoms with E-state index < -0.39 is 10.0 Å². The molecule has 7 nitrogen and oxygen atoms in total. The summed E-state index contributed by atoms with van der Waals surface area (Å²) >= 11 is 1.25. The molecule has 2 heterocycles. The number of thiazole rings is 1. The first kappa shape index (κ1) is 17.1. The van der Waals surface area contributed by atoms with Crippen molar-refractivity contribution in [3.05, 3.63) is 54.7 Å². The molecule has 0 saturated heterocycles. The minimum atomic E-state index is -3.70. The smallest absolute Gasteiger partial charge is 0.263 e. The highest BCUT2D eigenvalue weighted by atomic mass is 32.2. The van der Waals surface area contributed by atoms with Crippen molar-refractivity contribution in [3.8, 4) is 10.6 Å². The first-order valence-electron chi connectivity index (χ1n) is 7.23. The maximum absolute atomic E-state index is 12.4. The van der Waals surface area contributed by atoms with Gasteiger partial charge in [-0.15, -0.1) is 0 Å². The molecule has 0 radical (unpaired) electrons. The molecule has 0 unspecified atom stereocenters. The van der Waals surface area contributed by atoms with Gasteiger partial charge in [0.25, 0.3) is 10.0 Å².